The van der Waals surface area contributed by atoms with Crippen LogP contribution in [0.15, 0.2) is 16.8 Å². The van der Waals surface area contributed by atoms with E-state index in [1.54, 1.807) is 12.3 Å². The van der Waals surface area contributed by atoms with Crippen molar-refractivity contribution in [2.24, 2.45) is 0 Å². The Morgan fingerprint density at radius 2 is 1.95 bits per heavy atom. The van der Waals surface area contributed by atoms with Gasteiger partial charge >= 0.3 is 0 Å². The molecule has 0 N–H and O–H groups in total. The fourth-order valence-electron chi connectivity index (χ4n) is 2.60. The second-order valence-electron chi connectivity index (χ2n) is 5.34. The maximum atomic E-state index is 6.22. The SMILES string of the molecule is Cc1noc([C@H](C)N2CCN(c3ncc(Cl)cc3Cl)CC2)n1. The molecule has 3 heterocycles. The first-order valence-electron chi connectivity index (χ1n) is 7.15. The smallest absolute Gasteiger partial charge is 0.243 e. The largest absolute Gasteiger partial charge is 0.353 e. The van der Waals surface area contributed by atoms with Crippen LogP contribution in [0.25, 0.3) is 0 Å². The lowest BCUT2D eigenvalue weighted by Crippen LogP contribution is -2.47. The average Bonchev–Trinajstić information content (AvgIpc) is 2.93. The Morgan fingerprint density at radius 1 is 1.23 bits per heavy atom. The molecule has 2 aromatic rings. The highest BCUT2D eigenvalue weighted by molar-refractivity contribution is 6.36. The van der Waals surface area contributed by atoms with Crippen LogP contribution in [0.2, 0.25) is 10.0 Å². The van der Waals surface area contributed by atoms with Gasteiger partial charge in [-0.2, -0.15) is 4.98 Å². The Balaban J connectivity index is 1.65. The van der Waals surface area contributed by atoms with Crippen LogP contribution in [0.4, 0.5) is 5.82 Å². The van der Waals surface area contributed by atoms with Crippen molar-refractivity contribution in [3.63, 3.8) is 0 Å². The second-order valence-corrected chi connectivity index (χ2v) is 6.18. The van der Waals surface area contributed by atoms with Crippen LogP contribution in [0, 0.1) is 6.92 Å². The lowest BCUT2D eigenvalue weighted by molar-refractivity contribution is 0.164. The van der Waals surface area contributed by atoms with Crippen LogP contribution in [-0.4, -0.2) is 46.2 Å². The van der Waals surface area contributed by atoms with Crippen molar-refractivity contribution in [1.82, 2.24) is 20.0 Å². The maximum absolute atomic E-state index is 6.22. The number of anilines is 1. The van der Waals surface area contributed by atoms with Crippen molar-refractivity contribution in [3.8, 4) is 0 Å². The monoisotopic (exact) mass is 341 g/mol. The Labute approximate surface area is 139 Å². The molecule has 118 valence electrons. The van der Waals surface area contributed by atoms with Gasteiger partial charge in [0.05, 0.1) is 16.1 Å². The average molecular weight is 342 g/mol. The number of hydrogen-bond donors (Lipinski definition) is 0. The van der Waals surface area contributed by atoms with Crippen molar-refractivity contribution >= 4 is 29.0 Å². The molecule has 1 saturated heterocycles. The molecule has 1 aliphatic heterocycles. The predicted octanol–water partition coefficient (Wildman–Crippen LogP) is 2.96. The first kappa shape index (κ1) is 15.5. The summed E-state index contributed by atoms with van der Waals surface area (Å²) in [6.45, 7) is 7.34. The van der Waals surface area contributed by atoms with Crippen molar-refractivity contribution in [3.05, 3.63) is 34.0 Å². The first-order chi connectivity index (χ1) is 10.5. The Bertz CT molecular complexity index is 654. The Morgan fingerprint density at radius 3 is 2.55 bits per heavy atom. The van der Waals surface area contributed by atoms with Crippen molar-refractivity contribution in [2.45, 2.75) is 19.9 Å². The molecule has 0 amide bonds. The first-order valence-corrected chi connectivity index (χ1v) is 7.90. The number of halogens is 2. The fourth-order valence-corrected chi connectivity index (χ4v) is 3.10. The van der Waals surface area contributed by atoms with Crippen LogP contribution in [0.3, 0.4) is 0 Å². The van der Waals surface area contributed by atoms with Gasteiger partial charge in [-0.1, -0.05) is 28.4 Å². The predicted molar refractivity (Wildman–Crippen MR) is 85.5 cm³/mol. The minimum atomic E-state index is 0.108. The number of aryl methyl sites for hydroxylation is 1. The number of piperazine rings is 1. The third-order valence-corrected chi connectivity index (χ3v) is 4.34. The number of aromatic nitrogens is 3. The second kappa shape index (κ2) is 6.40. The van der Waals surface area contributed by atoms with E-state index in [2.05, 4.69) is 31.8 Å². The Hall–Kier alpha value is -1.37. The summed E-state index contributed by atoms with van der Waals surface area (Å²) in [5, 5.41) is 4.99. The molecular formula is C14H17Cl2N5O. The quantitative estimate of drug-likeness (QED) is 0.855. The summed E-state index contributed by atoms with van der Waals surface area (Å²) in [6, 6.07) is 1.83. The molecule has 2 aromatic heterocycles. The van der Waals surface area contributed by atoms with Crippen LogP contribution < -0.4 is 4.90 Å². The zero-order chi connectivity index (χ0) is 15.7. The summed E-state index contributed by atoms with van der Waals surface area (Å²) in [6.07, 6.45) is 1.62. The normalized spacial score (nSPS) is 17.7. The van der Waals surface area contributed by atoms with E-state index in [4.69, 9.17) is 27.7 Å². The van der Waals surface area contributed by atoms with Gasteiger partial charge in [-0.05, 0) is 19.9 Å². The molecule has 1 fully saturated rings. The van der Waals surface area contributed by atoms with Gasteiger partial charge in [0.15, 0.2) is 5.82 Å². The summed E-state index contributed by atoms with van der Waals surface area (Å²) in [4.78, 5) is 13.1. The zero-order valence-corrected chi connectivity index (χ0v) is 14.0. The third-order valence-electron chi connectivity index (χ3n) is 3.85. The summed E-state index contributed by atoms with van der Waals surface area (Å²) in [5.74, 6) is 2.11. The van der Waals surface area contributed by atoms with Gasteiger partial charge in [-0.3, -0.25) is 4.90 Å². The molecule has 8 heteroatoms. The molecule has 0 aliphatic carbocycles. The fraction of sp³-hybridized carbons (Fsp3) is 0.500. The van der Waals surface area contributed by atoms with E-state index in [9.17, 15) is 0 Å². The molecule has 0 unspecified atom stereocenters. The Kier molecular flexibility index (Phi) is 4.52. The molecule has 1 aliphatic rings. The van der Waals surface area contributed by atoms with E-state index in [1.165, 1.54) is 0 Å². The van der Waals surface area contributed by atoms with E-state index in [1.807, 2.05) is 6.92 Å². The van der Waals surface area contributed by atoms with E-state index in [0.29, 0.717) is 21.8 Å². The highest BCUT2D eigenvalue weighted by atomic mass is 35.5. The van der Waals surface area contributed by atoms with Crippen LogP contribution >= 0.6 is 23.2 Å². The summed E-state index contributed by atoms with van der Waals surface area (Å²) in [7, 11) is 0. The number of rotatable bonds is 3. The van der Waals surface area contributed by atoms with Gasteiger partial charge in [0.25, 0.3) is 0 Å². The molecule has 6 nitrogen and oxygen atoms in total. The van der Waals surface area contributed by atoms with Gasteiger partial charge in [0.2, 0.25) is 5.89 Å². The van der Waals surface area contributed by atoms with E-state index >= 15 is 0 Å². The van der Waals surface area contributed by atoms with Crippen molar-refractivity contribution < 1.29 is 4.52 Å². The van der Waals surface area contributed by atoms with Gasteiger partial charge in [-0.25, -0.2) is 4.98 Å². The highest BCUT2D eigenvalue weighted by Gasteiger charge is 2.26. The van der Waals surface area contributed by atoms with Gasteiger partial charge in [-0.15, -0.1) is 0 Å². The van der Waals surface area contributed by atoms with E-state index in [0.717, 1.165) is 32.0 Å². The number of nitrogens with zero attached hydrogens (tertiary/aromatic N) is 5. The van der Waals surface area contributed by atoms with Crippen LogP contribution in [0.1, 0.15) is 24.7 Å². The zero-order valence-electron chi connectivity index (χ0n) is 12.5. The summed E-state index contributed by atoms with van der Waals surface area (Å²) < 4.78 is 5.26. The van der Waals surface area contributed by atoms with Gasteiger partial charge in [0, 0.05) is 32.4 Å². The molecule has 0 saturated carbocycles. The van der Waals surface area contributed by atoms with E-state index < -0.39 is 0 Å². The molecule has 1 atom stereocenters. The molecule has 3 rings (SSSR count). The molecule has 0 bridgehead atoms. The number of pyridine rings is 1. The van der Waals surface area contributed by atoms with Crippen LogP contribution in [0.5, 0.6) is 0 Å². The minimum absolute atomic E-state index is 0.108. The van der Waals surface area contributed by atoms with Crippen molar-refractivity contribution in [1.29, 1.82) is 0 Å². The maximum Gasteiger partial charge on any atom is 0.243 e. The van der Waals surface area contributed by atoms with E-state index in [-0.39, 0.29) is 6.04 Å². The van der Waals surface area contributed by atoms with Crippen molar-refractivity contribution in [2.75, 3.05) is 31.1 Å². The molecule has 0 spiro atoms. The van der Waals surface area contributed by atoms with Crippen LogP contribution in [-0.2, 0) is 0 Å². The lowest BCUT2D eigenvalue weighted by atomic mass is 10.2. The van der Waals surface area contributed by atoms with Gasteiger partial charge in [0.1, 0.15) is 5.82 Å². The molecular weight excluding hydrogens is 325 g/mol. The highest BCUT2D eigenvalue weighted by Crippen LogP contribution is 2.28. The van der Waals surface area contributed by atoms with Gasteiger partial charge < -0.3 is 9.42 Å². The molecule has 0 radical (unpaired) electrons. The topological polar surface area (TPSA) is 58.3 Å². The summed E-state index contributed by atoms with van der Waals surface area (Å²) in [5.41, 5.74) is 0. The standard InChI is InChI=1S/C14H17Cl2N5O/c1-9(14-18-10(2)19-22-14)20-3-5-21(6-4-20)13-12(16)7-11(15)8-17-13/h7-9H,3-6H2,1-2H3/t9-/m0/s1. The molecule has 22 heavy (non-hydrogen) atoms. The number of hydrogen-bond acceptors (Lipinski definition) is 6. The molecule has 0 aromatic carbocycles. The summed E-state index contributed by atoms with van der Waals surface area (Å²) >= 11 is 12.1. The lowest BCUT2D eigenvalue weighted by Gasteiger charge is -2.37. The minimum Gasteiger partial charge on any atom is -0.353 e. The third kappa shape index (κ3) is 3.19.